The van der Waals surface area contributed by atoms with Gasteiger partial charge in [-0.2, -0.15) is 0 Å². The van der Waals surface area contributed by atoms with Gasteiger partial charge in [0.15, 0.2) is 23.2 Å². The molecule has 0 spiro atoms. The highest BCUT2D eigenvalue weighted by atomic mass is 32.1. The van der Waals surface area contributed by atoms with Crippen LogP contribution < -0.4 is 9.47 Å². The molecule has 2 aliphatic rings. The summed E-state index contributed by atoms with van der Waals surface area (Å²) in [4.78, 5) is 42.4. The Hall–Kier alpha value is -2.98. The maximum Gasteiger partial charge on any atom is 0.265 e. The van der Waals surface area contributed by atoms with E-state index in [0.717, 1.165) is 0 Å². The van der Waals surface area contributed by atoms with Crippen LogP contribution in [0.3, 0.4) is 0 Å². The SMILES string of the molecule is CCN1C(=O)C(=Cc2ccc(OCC(=O)N3CCOCC3)c(OC)c2)C(=O)N(CC)C1=S. The molecule has 32 heavy (non-hydrogen) atoms. The number of thiocarbonyl (C=S) groups is 1. The standard InChI is InChI=1S/C22H27N3O6S/c1-4-24-20(27)16(21(28)25(5-2)22(24)32)12-15-6-7-17(18(13-15)29-3)31-14-19(26)23-8-10-30-11-9-23/h6-7,12-13H,4-5,8-11,14H2,1-3H3. The Morgan fingerprint density at radius 1 is 1.09 bits per heavy atom. The third kappa shape index (κ3) is 4.91. The summed E-state index contributed by atoms with van der Waals surface area (Å²) in [7, 11) is 1.48. The summed E-state index contributed by atoms with van der Waals surface area (Å²) < 4.78 is 16.3. The molecule has 0 saturated carbocycles. The average Bonchev–Trinajstić information content (AvgIpc) is 2.81. The fraction of sp³-hybridized carbons (Fsp3) is 0.455. The maximum atomic E-state index is 12.8. The molecule has 0 atom stereocenters. The predicted molar refractivity (Wildman–Crippen MR) is 121 cm³/mol. The minimum absolute atomic E-state index is 0.0283. The third-order valence-corrected chi connectivity index (χ3v) is 5.70. The lowest BCUT2D eigenvalue weighted by molar-refractivity contribution is -0.137. The number of hydrogen-bond acceptors (Lipinski definition) is 7. The number of amides is 3. The second kappa shape index (κ2) is 10.6. The van der Waals surface area contributed by atoms with Crippen LogP contribution in [0.5, 0.6) is 11.5 Å². The first-order chi connectivity index (χ1) is 15.4. The van der Waals surface area contributed by atoms with Crippen LogP contribution in [-0.4, -0.2) is 90.6 Å². The minimum atomic E-state index is -0.428. The van der Waals surface area contributed by atoms with Gasteiger partial charge in [-0.1, -0.05) is 6.07 Å². The van der Waals surface area contributed by atoms with E-state index in [1.807, 2.05) is 0 Å². The van der Waals surface area contributed by atoms with Gasteiger partial charge >= 0.3 is 0 Å². The van der Waals surface area contributed by atoms with E-state index in [2.05, 4.69) is 0 Å². The minimum Gasteiger partial charge on any atom is -0.493 e. The van der Waals surface area contributed by atoms with E-state index in [0.29, 0.717) is 56.5 Å². The number of morpholine rings is 1. The van der Waals surface area contributed by atoms with Crippen LogP contribution in [0.2, 0.25) is 0 Å². The third-order valence-electron chi connectivity index (χ3n) is 5.26. The highest BCUT2D eigenvalue weighted by molar-refractivity contribution is 7.80. The van der Waals surface area contributed by atoms with Crippen LogP contribution in [-0.2, 0) is 19.1 Å². The van der Waals surface area contributed by atoms with E-state index >= 15 is 0 Å². The second-order valence-electron chi connectivity index (χ2n) is 7.13. The largest absolute Gasteiger partial charge is 0.493 e. The molecule has 10 heteroatoms. The van der Waals surface area contributed by atoms with Gasteiger partial charge < -0.3 is 19.1 Å². The first-order valence-electron chi connectivity index (χ1n) is 10.5. The zero-order chi connectivity index (χ0) is 23.3. The van der Waals surface area contributed by atoms with E-state index in [1.54, 1.807) is 36.9 Å². The zero-order valence-electron chi connectivity index (χ0n) is 18.5. The van der Waals surface area contributed by atoms with Crippen LogP contribution in [0.4, 0.5) is 0 Å². The summed E-state index contributed by atoms with van der Waals surface area (Å²) in [5.41, 5.74) is 0.617. The molecule has 1 aromatic carbocycles. The van der Waals surface area contributed by atoms with Crippen molar-refractivity contribution in [3.63, 3.8) is 0 Å². The fourth-order valence-electron chi connectivity index (χ4n) is 3.49. The van der Waals surface area contributed by atoms with Crippen molar-refractivity contribution in [3.05, 3.63) is 29.3 Å². The van der Waals surface area contributed by atoms with Gasteiger partial charge in [0.2, 0.25) is 0 Å². The number of likely N-dealkylation sites (N-methyl/N-ethyl adjacent to an activating group) is 2. The Labute approximate surface area is 192 Å². The topological polar surface area (TPSA) is 88.6 Å². The van der Waals surface area contributed by atoms with Crippen molar-refractivity contribution in [1.29, 1.82) is 0 Å². The summed E-state index contributed by atoms with van der Waals surface area (Å²) in [5, 5.41) is 0.216. The van der Waals surface area contributed by atoms with Crippen molar-refractivity contribution in [2.24, 2.45) is 0 Å². The molecule has 2 heterocycles. The van der Waals surface area contributed by atoms with E-state index in [4.69, 9.17) is 26.4 Å². The molecule has 2 saturated heterocycles. The fourth-order valence-corrected chi connectivity index (χ4v) is 3.91. The Morgan fingerprint density at radius 3 is 2.28 bits per heavy atom. The number of carbonyl (C=O) groups is 3. The summed E-state index contributed by atoms with van der Waals surface area (Å²) in [5.74, 6) is -0.204. The molecule has 2 aliphatic heterocycles. The number of nitrogens with zero attached hydrogens (tertiary/aromatic N) is 3. The van der Waals surface area contributed by atoms with Gasteiger partial charge in [-0.05, 0) is 49.8 Å². The summed E-state index contributed by atoms with van der Waals surface area (Å²) in [6.07, 6.45) is 1.52. The Kier molecular flexibility index (Phi) is 7.81. The van der Waals surface area contributed by atoms with Gasteiger partial charge in [-0.25, -0.2) is 0 Å². The number of hydrogen-bond donors (Lipinski definition) is 0. The van der Waals surface area contributed by atoms with E-state index in [-0.39, 0.29) is 23.2 Å². The van der Waals surface area contributed by atoms with Gasteiger partial charge in [0.25, 0.3) is 17.7 Å². The molecule has 0 radical (unpaired) electrons. The molecule has 0 aromatic heterocycles. The van der Waals surface area contributed by atoms with Gasteiger partial charge in [0.1, 0.15) is 5.57 Å². The molecule has 0 unspecified atom stereocenters. The quantitative estimate of drug-likeness (QED) is 0.344. The van der Waals surface area contributed by atoms with Crippen LogP contribution in [0.1, 0.15) is 19.4 Å². The highest BCUT2D eigenvalue weighted by Gasteiger charge is 2.37. The van der Waals surface area contributed by atoms with Crippen LogP contribution in [0, 0.1) is 0 Å². The molecule has 9 nitrogen and oxygen atoms in total. The lowest BCUT2D eigenvalue weighted by Crippen LogP contribution is -2.55. The first kappa shape index (κ1) is 23.7. The second-order valence-corrected chi connectivity index (χ2v) is 7.50. The van der Waals surface area contributed by atoms with Crippen molar-refractivity contribution in [3.8, 4) is 11.5 Å². The van der Waals surface area contributed by atoms with Crippen molar-refractivity contribution >= 4 is 41.1 Å². The smallest absolute Gasteiger partial charge is 0.265 e. The number of ether oxygens (including phenoxy) is 3. The number of benzene rings is 1. The molecule has 0 bridgehead atoms. The molecular formula is C22H27N3O6S. The van der Waals surface area contributed by atoms with Crippen molar-refractivity contribution in [2.75, 3.05) is 53.1 Å². The van der Waals surface area contributed by atoms with Crippen LogP contribution >= 0.6 is 12.2 Å². The average molecular weight is 462 g/mol. The van der Waals surface area contributed by atoms with Crippen molar-refractivity contribution in [1.82, 2.24) is 14.7 Å². The van der Waals surface area contributed by atoms with Crippen LogP contribution in [0.25, 0.3) is 6.08 Å². The molecular weight excluding hydrogens is 434 g/mol. The summed E-state index contributed by atoms with van der Waals surface area (Å²) in [6.45, 7) is 6.34. The number of methoxy groups -OCH3 is 1. The molecule has 3 rings (SSSR count). The number of carbonyl (C=O) groups excluding carboxylic acids is 3. The van der Waals surface area contributed by atoms with Gasteiger partial charge in [0.05, 0.1) is 20.3 Å². The normalized spacial score (nSPS) is 17.0. The zero-order valence-corrected chi connectivity index (χ0v) is 19.3. The Morgan fingerprint density at radius 2 is 1.72 bits per heavy atom. The molecule has 172 valence electrons. The molecule has 0 N–H and O–H groups in total. The monoisotopic (exact) mass is 461 g/mol. The first-order valence-corrected chi connectivity index (χ1v) is 10.9. The van der Waals surface area contributed by atoms with Crippen molar-refractivity contribution < 1.29 is 28.6 Å². The maximum absolute atomic E-state index is 12.8. The molecule has 3 amide bonds. The highest BCUT2D eigenvalue weighted by Crippen LogP contribution is 2.30. The summed E-state index contributed by atoms with van der Waals surface area (Å²) in [6, 6.07) is 5.00. The van der Waals surface area contributed by atoms with Crippen LogP contribution in [0.15, 0.2) is 23.8 Å². The summed E-state index contributed by atoms with van der Waals surface area (Å²) >= 11 is 5.28. The Bertz CT molecular complexity index is 914. The Balaban J connectivity index is 1.79. The van der Waals surface area contributed by atoms with Gasteiger partial charge in [0, 0.05) is 26.2 Å². The van der Waals surface area contributed by atoms with E-state index in [1.165, 1.54) is 23.0 Å². The van der Waals surface area contributed by atoms with Crippen molar-refractivity contribution in [2.45, 2.75) is 13.8 Å². The lowest BCUT2D eigenvalue weighted by Gasteiger charge is -2.35. The predicted octanol–water partition coefficient (Wildman–Crippen LogP) is 1.31. The molecule has 0 aliphatic carbocycles. The lowest BCUT2D eigenvalue weighted by atomic mass is 10.1. The number of rotatable bonds is 7. The molecule has 2 fully saturated rings. The molecule has 1 aromatic rings. The van der Waals surface area contributed by atoms with Gasteiger partial charge in [-0.15, -0.1) is 0 Å². The van der Waals surface area contributed by atoms with E-state index in [9.17, 15) is 14.4 Å². The van der Waals surface area contributed by atoms with Gasteiger partial charge in [-0.3, -0.25) is 24.2 Å². The van der Waals surface area contributed by atoms with E-state index < -0.39 is 11.8 Å².